The molecule has 1 aromatic rings. The average Bonchev–Trinajstić information content (AvgIpc) is 2.56. The standard InChI is InChI=1S/C21H33ClO3Si/c1-20(2,3)26(6,7)25-13-11-18(22)21(4)12-10-15-8-9-16(24-5)14-17(15)19(21)23/h8-9,14,18H,10-13H2,1-7H3. The number of ketones is 1. The number of hydrogen-bond donors (Lipinski definition) is 0. The summed E-state index contributed by atoms with van der Waals surface area (Å²) in [5.74, 6) is 0.846. The zero-order valence-electron chi connectivity index (χ0n) is 17.2. The summed E-state index contributed by atoms with van der Waals surface area (Å²) >= 11 is 6.76. The van der Waals surface area contributed by atoms with Gasteiger partial charge in [-0.05, 0) is 55.1 Å². The van der Waals surface area contributed by atoms with Crippen LogP contribution >= 0.6 is 11.6 Å². The summed E-state index contributed by atoms with van der Waals surface area (Å²) in [6.45, 7) is 13.8. The zero-order valence-corrected chi connectivity index (χ0v) is 19.0. The lowest BCUT2D eigenvalue weighted by atomic mass is 9.69. The van der Waals surface area contributed by atoms with E-state index in [1.165, 1.54) is 0 Å². The van der Waals surface area contributed by atoms with Gasteiger partial charge in [-0.25, -0.2) is 0 Å². The number of rotatable bonds is 6. The van der Waals surface area contributed by atoms with Crippen LogP contribution in [-0.4, -0.2) is 33.2 Å². The summed E-state index contributed by atoms with van der Waals surface area (Å²) in [6, 6.07) is 5.76. The van der Waals surface area contributed by atoms with Gasteiger partial charge in [-0.15, -0.1) is 11.6 Å². The van der Waals surface area contributed by atoms with Crippen molar-refractivity contribution in [3.63, 3.8) is 0 Å². The third-order valence-electron chi connectivity index (χ3n) is 6.33. The maximum Gasteiger partial charge on any atom is 0.191 e. The van der Waals surface area contributed by atoms with Gasteiger partial charge in [0.05, 0.1) is 7.11 Å². The largest absolute Gasteiger partial charge is 0.497 e. The topological polar surface area (TPSA) is 35.5 Å². The molecule has 2 atom stereocenters. The second kappa shape index (κ2) is 7.65. The highest BCUT2D eigenvalue weighted by Crippen LogP contribution is 2.43. The van der Waals surface area contributed by atoms with E-state index in [9.17, 15) is 4.79 Å². The molecule has 2 unspecified atom stereocenters. The highest BCUT2D eigenvalue weighted by atomic mass is 35.5. The van der Waals surface area contributed by atoms with E-state index in [1.54, 1.807) is 7.11 Å². The molecule has 0 radical (unpaired) electrons. The van der Waals surface area contributed by atoms with Gasteiger partial charge in [0, 0.05) is 23.0 Å². The second-order valence-electron chi connectivity index (χ2n) is 9.13. The van der Waals surface area contributed by atoms with E-state index in [0.717, 1.165) is 24.0 Å². The molecule has 0 saturated heterocycles. The summed E-state index contributed by atoms with van der Waals surface area (Å²) < 4.78 is 11.6. The molecule has 0 saturated carbocycles. The molecule has 0 N–H and O–H groups in total. The van der Waals surface area contributed by atoms with E-state index >= 15 is 0 Å². The Labute approximate surface area is 164 Å². The Morgan fingerprint density at radius 3 is 2.54 bits per heavy atom. The van der Waals surface area contributed by atoms with Crippen LogP contribution in [0.1, 0.15) is 56.5 Å². The van der Waals surface area contributed by atoms with Crippen molar-refractivity contribution in [2.45, 2.75) is 70.5 Å². The summed E-state index contributed by atoms with van der Waals surface area (Å²) in [6.07, 6.45) is 2.34. The number of ether oxygens (including phenoxy) is 1. The molecule has 1 aliphatic rings. The maximum absolute atomic E-state index is 13.2. The first-order valence-corrected chi connectivity index (χ1v) is 12.8. The van der Waals surface area contributed by atoms with Gasteiger partial charge in [0.25, 0.3) is 0 Å². The summed E-state index contributed by atoms with van der Waals surface area (Å²) in [7, 11) is -0.171. The zero-order chi connectivity index (χ0) is 19.8. The first-order valence-electron chi connectivity index (χ1n) is 9.42. The molecule has 0 aromatic heterocycles. The number of Topliss-reactive ketones (excluding diaryl/α,β-unsaturated/α-hetero) is 1. The Hall–Kier alpha value is -0.843. The number of alkyl halides is 1. The van der Waals surface area contributed by atoms with Crippen molar-refractivity contribution in [3.05, 3.63) is 29.3 Å². The van der Waals surface area contributed by atoms with Crippen LogP contribution in [0, 0.1) is 5.41 Å². The molecule has 146 valence electrons. The van der Waals surface area contributed by atoms with Crippen molar-refractivity contribution in [2.24, 2.45) is 5.41 Å². The van der Waals surface area contributed by atoms with Crippen molar-refractivity contribution < 1.29 is 14.0 Å². The molecule has 3 nitrogen and oxygen atoms in total. The molecular formula is C21H33ClO3Si. The van der Waals surface area contributed by atoms with Crippen molar-refractivity contribution in [1.29, 1.82) is 0 Å². The van der Waals surface area contributed by atoms with Gasteiger partial charge in [-0.3, -0.25) is 4.79 Å². The molecule has 5 heteroatoms. The molecule has 1 aromatic carbocycles. The second-order valence-corrected chi connectivity index (χ2v) is 14.5. The molecule has 0 bridgehead atoms. The number of carbonyl (C=O) groups excluding carboxylic acids is 1. The number of fused-ring (bicyclic) bond motifs is 1. The minimum Gasteiger partial charge on any atom is -0.497 e. The van der Waals surface area contributed by atoms with E-state index < -0.39 is 13.7 Å². The van der Waals surface area contributed by atoms with Crippen molar-refractivity contribution in [3.8, 4) is 5.75 Å². The normalized spacial score (nSPS) is 22.1. The van der Waals surface area contributed by atoms with Crippen LogP contribution in [0.3, 0.4) is 0 Å². The summed E-state index contributed by atoms with van der Waals surface area (Å²) in [5.41, 5.74) is 1.29. The molecular weight excluding hydrogens is 364 g/mol. The number of methoxy groups -OCH3 is 1. The van der Waals surface area contributed by atoms with E-state index in [1.807, 2.05) is 25.1 Å². The fourth-order valence-corrected chi connectivity index (χ4v) is 4.54. The molecule has 0 amide bonds. The van der Waals surface area contributed by atoms with E-state index in [2.05, 4.69) is 33.9 Å². The lowest BCUT2D eigenvalue weighted by molar-refractivity contribution is 0.0764. The van der Waals surface area contributed by atoms with E-state index in [-0.39, 0.29) is 16.2 Å². The fourth-order valence-electron chi connectivity index (χ4n) is 3.18. The predicted molar refractivity (Wildman–Crippen MR) is 111 cm³/mol. The van der Waals surface area contributed by atoms with Crippen LogP contribution in [0.15, 0.2) is 18.2 Å². The van der Waals surface area contributed by atoms with Gasteiger partial charge in [0.1, 0.15) is 5.75 Å². The third kappa shape index (κ3) is 4.18. The Balaban J connectivity index is 2.09. The van der Waals surface area contributed by atoms with Crippen LogP contribution in [0.5, 0.6) is 5.75 Å². The first-order chi connectivity index (χ1) is 11.9. The maximum atomic E-state index is 13.2. The molecule has 0 aliphatic heterocycles. The monoisotopic (exact) mass is 396 g/mol. The first kappa shape index (κ1) is 21.5. The number of aryl methyl sites for hydroxylation is 1. The number of hydrogen-bond acceptors (Lipinski definition) is 3. The highest BCUT2D eigenvalue weighted by molar-refractivity contribution is 6.74. The minimum atomic E-state index is -1.79. The molecule has 0 fully saturated rings. The van der Waals surface area contributed by atoms with Gasteiger partial charge < -0.3 is 9.16 Å². The Morgan fingerprint density at radius 2 is 1.96 bits per heavy atom. The molecule has 0 heterocycles. The van der Waals surface area contributed by atoms with Gasteiger partial charge in [-0.1, -0.05) is 33.8 Å². The van der Waals surface area contributed by atoms with Gasteiger partial charge >= 0.3 is 0 Å². The van der Waals surface area contributed by atoms with Gasteiger partial charge in [0.15, 0.2) is 14.1 Å². The molecule has 0 spiro atoms. The Kier molecular flexibility index (Phi) is 6.31. The number of benzene rings is 1. The van der Waals surface area contributed by atoms with Crippen LogP contribution in [0.25, 0.3) is 0 Å². The van der Waals surface area contributed by atoms with Crippen molar-refractivity contribution in [1.82, 2.24) is 0 Å². The Morgan fingerprint density at radius 1 is 1.31 bits per heavy atom. The average molecular weight is 397 g/mol. The molecule has 26 heavy (non-hydrogen) atoms. The van der Waals surface area contributed by atoms with Crippen LogP contribution < -0.4 is 4.74 Å². The van der Waals surface area contributed by atoms with Crippen LogP contribution in [0.2, 0.25) is 18.1 Å². The van der Waals surface area contributed by atoms with Gasteiger partial charge in [-0.2, -0.15) is 0 Å². The van der Waals surface area contributed by atoms with Crippen LogP contribution in [-0.2, 0) is 10.8 Å². The minimum absolute atomic E-state index is 0.130. The number of carbonyl (C=O) groups is 1. The lowest BCUT2D eigenvalue weighted by Crippen LogP contribution is -2.44. The van der Waals surface area contributed by atoms with Crippen LogP contribution in [0.4, 0.5) is 0 Å². The van der Waals surface area contributed by atoms with Crippen molar-refractivity contribution >= 4 is 25.7 Å². The summed E-state index contributed by atoms with van der Waals surface area (Å²) in [5, 5.41) is -0.0615. The predicted octanol–water partition coefficient (Wildman–Crippen LogP) is 5.85. The summed E-state index contributed by atoms with van der Waals surface area (Å²) in [4.78, 5) is 13.2. The lowest BCUT2D eigenvalue weighted by Gasteiger charge is -2.39. The van der Waals surface area contributed by atoms with Gasteiger partial charge in [0.2, 0.25) is 0 Å². The Bertz CT molecular complexity index is 666. The SMILES string of the molecule is COc1ccc2c(c1)C(=O)C(C)(C(Cl)CCO[Si](C)(C)C(C)(C)C)CC2. The highest BCUT2D eigenvalue weighted by Gasteiger charge is 2.44. The quantitative estimate of drug-likeness (QED) is 0.446. The van der Waals surface area contributed by atoms with E-state index in [0.29, 0.717) is 18.8 Å². The van der Waals surface area contributed by atoms with Crippen molar-refractivity contribution in [2.75, 3.05) is 13.7 Å². The smallest absolute Gasteiger partial charge is 0.191 e. The third-order valence-corrected chi connectivity index (χ3v) is 11.6. The molecule has 2 rings (SSSR count). The molecule has 1 aliphatic carbocycles. The number of halogens is 1. The fraction of sp³-hybridized carbons (Fsp3) is 0.667. The van der Waals surface area contributed by atoms with E-state index in [4.69, 9.17) is 20.8 Å².